The minimum absolute atomic E-state index is 0.131. The normalized spacial score (nSPS) is 16.5. The molecule has 7 heteroatoms. The summed E-state index contributed by atoms with van der Waals surface area (Å²) in [5.41, 5.74) is 0.709. The van der Waals surface area contributed by atoms with Gasteiger partial charge in [-0.15, -0.1) is 0 Å². The number of likely N-dealkylation sites (tertiary alicyclic amines) is 1. The summed E-state index contributed by atoms with van der Waals surface area (Å²) in [4.78, 5) is 26.7. The van der Waals surface area contributed by atoms with Gasteiger partial charge in [-0.05, 0) is 24.8 Å². The first-order valence-electron chi connectivity index (χ1n) is 8.17. The Kier molecular flexibility index (Phi) is 6.36. The first-order chi connectivity index (χ1) is 11.4. The molecule has 1 atom stereocenters. The van der Waals surface area contributed by atoms with E-state index in [1.54, 1.807) is 17.0 Å². The van der Waals surface area contributed by atoms with Crippen molar-refractivity contribution >= 4 is 21.7 Å². The summed E-state index contributed by atoms with van der Waals surface area (Å²) in [6, 6.07) is 8.30. The van der Waals surface area contributed by atoms with Crippen molar-refractivity contribution in [3.63, 3.8) is 0 Å². The van der Waals surface area contributed by atoms with Gasteiger partial charge in [0.25, 0.3) is 0 Å². The predicted molar refractivity (Wildman–Crippen MR) is 92.1 cm³/mol. The number of piperidine rings is 1. The molecule has 1 N–H and O–H groups in total. The fourth-order valence-corrected chi connectivity index (χ4v) is 3.30. The van der Waals surface area contributed by atoms with Gasteiger partial charge < -0.3 is 10.2 Å². The monoisotopic (exact) mass is 352 g/mol. The highest BCUT2D eigenvalue weighted by molar-refractivity contribution is 7.90. The van der Waals surface area contributed by atoms with E-state index in [0.717, 1.165) is 25.5 Å². The molecule has 1 fully saturated rings. The fourth-order valence-electron chi connectivity index (χ4n) is 2.74. The molecule has 0 aromatic heterocycles. The van der Waals surface area contributed by atoms with E-state index in [2.05, 4.69) is 5.32 Å². The molecule has 0 aliphatic carbocycles. The second-order valence-electron chi connectivity index (χ2n) is 6.18. The van der Waals surface area contributed by atoms with Crippen molar-refractivity contribution in [1.29, 1.82) is 0 Å². The van der Waals surface area contributed by atoms with Gasteiger partial charge in [0.1, 0.15) is 15.9 Å². The molecule has 0 bridgehead atoms. The SMILES string of the molecule is CS(=O)(=O)CCC(=O)NC(C(=O)N1CCCCC1)c1ccccc1. The summed E-state index contributed by atoms with van der Waals surface area (Å²) in [6.07, 6.45) is 3.99. The molecule has 1 aromatic carbocycles. The van der Waals surface area contributed by atoms with E-state index in [9.17, 15) is 18.0 Å². The Morgan fingerprint density at radius 3 is 2.33 bits per heavy atom. The quantitative estimate of drug-likeness (QED) is 0.836. The van der Waals surface area contributed by atoms with E-state index in [1.165, 1.54) is 0 Å². The summed E-state index contributed by atoms with van der Waals surface area (Å²) < 4.78 is 22.4. The molecule has 1 aliphatic rings. The van der Waals surface area contributed by atoms with Crippen LogP contribution < -0.4 is 5.32 Å². The zero-order chi connectivity index (χ0) is 17.6. The van der Waals surface area contributed by atoms with Crippen molar-refractivity contribution in [2.24, 2.45) is 0 Å². The van der Waals surface area contributed by atoms with Crippen molar-refractivity contribution < 1.29 is 18.0 Å². The van der Waals surface area contributed by atoms with Crippen LogP contribution in [-0.2, 0) is 19.4 Å². The minimum atomic E-state index is -3.22. The average Bonchev–Trinajstić information content (AvgIpc) is 2.58. The fraction of sp³-hybridized carbons (Fsp3) is 0.529. The Hall–Kier alpha value is -1.89. The van der Waals surface area contributed by atoms with E-state index < -0.39 is 21.8 Å². The molecule has 24 heavy (non-hydrogen) atoms. The topological polar surface area (TPSA) is 83.5 Å². The van der Waals surface area contributed by atoms with Crippen LogP contribution in [0.25, 0.3) is 0 Å². The third-order valence-electron chi connectivity index (χ3n) is 4.05. The number of amides is 2. The maximum atomic E-state index is 12.8. The maximum Gasteiger partial charge on any atom is 0.249 e. The van der Waals surface area contributed by atoms with Crippen LogP contribution in [0.4, 0.5) is 0 Å². The number of carbonyl (C=O) groups excluding carboxylic acids is 2. The molecule has 1 aliphatic heterocycles. The number of benzene rings is 1. The van der Waals surface area contributed by atoms with Crippen LogP contribution in [0.3, 0.4) is 0 Å². The lowest BCUT2D eigenvalue weighted by Gasteiger charge is -2.31. The van der Waals surface area contributed by atoms with Crippen LogP contribution in [0.15, 0.2) is 30.3 Å². The molecular weight excluding hydrogens is 328 g/mol. The molecular formula is C17H24N2O4S. The van der Waals surface area contributed by atoms with Gasteiger partial charge in [-0.2, -0.15) is 0 Å². The number of sulfone groups is 1. The van der Waals surface area contributed by atoms with Gasteiger partial charge in [0, 0.05) is 25.8 Å². The second-order valence-corrected chi connectivity index (χ2v) is 8.44. The van der Waals surface area contributed by atoms with E-state index in [0.29, 0.717) is 18.7 Å². The molecule has 132 valence electrons. The first-order valence-corrected chi connectivity index (χ1v) is 10.2. The Morgan fingerprint density at radius 2 is 1.75 bits per heavy atom. The maximum absolute atomic E-state index is 12.8. The van der Waals surface area contributed by atoms with Gasteiger partial charge >= 0.3 is 0 Å². The summed E-state index contributed by atoms with van der Waals surface area (Å²) in [5, 5.41) is 2.71. The highest BCUT2D eigenvalue weighted by atomic mass is 32.2. The van der Waals surface area contributed by atoms with Crippen LogP contribution in [0.1, 0.15) is 37.3 Å². The lowest BCUT2D eigenvalue weighted by Crippen LogP contribution is -2.45. The molecule has 0 spiro atoms. The number of hydrogen-bond acceptors (Lipinski definition) is 4. The summed E-state index contributed by atoms with van der Waals surface area (Å²) >= 11 is 0. The Balaban J connectivity index is 2.11. The number of rotatable bonds is 6. The van der Waals surface area contributed by atoms with Gasteiger partial charge in [0.2, 0.25) is 11.8 Å². The highest BCUT2D eigenvalue weighted by Crippen LogP contribution is 2.19. The van der Waals surface area contributed by atoms with Crippen molar-refractivity contribution in [3.8, 4) is 0 Å². The first kappa shape index (κ1) is 18.4. The van der Waals surface area contributed by atoms with E-state index in [4.69, 9.17) is 0 Å². The lowest BCUT2D eigenvalue weighted by atomic mass is 10.0. The van der Waals surface area contributed by atoms with Crippen LogP contribution in [0, 0.1) is 0 Å². The van der Waals surface area contributed by atoms with Gasteiger partial charge in [0.15, 0.2) is 0 Å². The van der Waals surface area contributed by atoms with E-state index in [-0.39, 0.29) is 18.1 Å². The minimum Gasteiger partial charge on any atom is -0.341 e. The van der Waals surface area contributed by atoms with Crippen molar-refractivity contribution in [3.05, 3.63) is 35.9 Å². The van der Waals surface area contributed by atoms with Gasteiger partial charge in [-0.1, -0.05) is 30.3 Å². The van der Waals surface area contributed by atoms with Crippen LogP contribution in [0.2, 0.25) is 0 Å². The van der Waals surface area contributed by atoms with Crippen LogP contribution >= 0.6 is 0 Å². The second kappa shape index (κ2) is 8.28. The zero-order valence-electron chi connectivity index (χ0n) is 13.9. The van der Waals surface area contributed by atoms with Crippen molar-refractivity contribution in [2.45, 2.75) is 31.7 Å². The van der Waals surface area contributed by atoms with Gasteiger partial charge in [-0.25, -0.2) is 8.42 Å². The summed E-state index contributed by atoms with van der Waals surface area (Å²) in [7, 11) is -3.22. The molecule has 1 heterocycles. The van der Waals surface area contributed by atoms with Crippen molar-refractivity contribution in [1.82, 2.24) is 10.2 Å². The number of carbonyl (C=O) groups is 2. The molecule has 1 unspecified atom stereocenters. The number of hydrogen-bond donors (Lipinski definition) is 1. The highest BCUT2D eigenvalue weighted by Gasteiger charge is 2.28. The van der Waals surface area contributed by atoms with E-state index in [1.807, 2.05) is 18.2 Å². The molecule has 2 rings (SSSR count). The van der Waals surface area contributed by atoms with Crippen LogP contribution in [0.5, 0.6) is 0 Å². The molecule has 1 saturated heterocycles. The number of nitrogens with one attached hydrogen (secondary N) is 1. The summed E-state index contributed by atoms with van der Waals surface area (Å²) in [6.45, 7) is 1.39. The van der Waals surface area contributed by atoms with Gasteiger partial charge in [0.05, 0.1) is 5.75 Å². The molecule has 0 saturated carbocycles. The lowest BCUT2D eigenvalue weighted by molar-refractivity contribution is -0.137. The van der Waals surface area contributed by atoms with E-state index >= 15 is 0 Å². The average molecular weight is 352 g/mol. The Bertz CT molecular complexity index is 667. The smallest absolute Gasteiger partial charge is 0.249 e. The molecule has 0 radical (unpaired) electrons. The Labute approximate surface area is 143 Å². The van der Waals surface area contributed by atoms with Crippen molar-refractivity contribution in [2.75, 3.05) is 25.1 Å². The third-order valence-corrected chi connectivity index (χ3v) is 5.00. The van der Waals surface area contributed by atoms with Gasteiger partial charge in [-0.3, -0.25) is 9.59 Å². The molecule has 2 amide bonds. The predicted octanol–water partition coefficient (Wildman–Crippen LogP) is 1.29. The standard InChI is InChI=1S/C17H24N2O4S/c1-24(22,23)13-10-15(20)18-16(14-8-4-2-5-9-14)17(21)19-11-6-3-7-12-19/h2,4-5,8-9,16H,3,6-7,10-13H2,1H3,(H,18,20). The zero-order valence-corrected chi connectivity index (χ0v) is 14.7. The number of nitrogens with zero attached hydrogens (tertiary/aromatic N) is 1. The van der Waals surface area contributed by atoms with Crippen LogP contribution in [-0.4, -0.2) is 50.2 Å². The molecule has 6 nitrogen and oxygen atoms in total. The largest absolute Gasteiger partial charge is 0.341 e. The third kappa shape index (κ3) is 5.63. The molecule has 1 aromatic rings. The summed E-state index contributed by atoms with van der Waals surface area (Å²) in [5.74, 6) is -0.786. The Morgan fingerprint density at radius 1 is 1.12 bits per heavy atom.